The third kappa shape index (κ3) is 4.19. The van der Waals surface area contributed by atoms with E-state index in [0.717, 1.165) is 15.9 Å². The van der Waals surface area contributed by atoms with Crippen LogP contribution in [0.15, 0.2) is 41.0 Å². The van der Waals surface area contributed by atoms with E-state index in [4.69, 9.17) is 11.6 Å². The van der Waals surface area contributed by atoms with E-state index < -0.39 is 0 Å². The molecule has 0 saturated heterocycles. The SMILES string of the molecule is CN(C)C(=O)c1cc(NCc2ccc(Br)cn2)ccc1Cl. The zero-order valence-electron chi connectivity index (χ0n) is 11.7. The number of nitrogens with one attached hydrogen (secondary N) is 1. The van der Waals surface area contributed by atoms with Crippen LogP contribution in [0.25, 0.3) is 0 Å². The summed E-state index contributed by atoms with van der Waals surface area (Å²) in [6, 6.07) is 9.18. The molecule has 0 aliphatic carbocycles. The zero-order chi connectivity index (χ0) is 15.4. The first-order valence-corrected chi connectivity index (χ1v) is 7.50. The standard InChI is InChI=1S/C15H15BrClN3O/c1-20(2)15(21)13-7-11(5-6-14(13)17)19-9-12-4-3-10(16)8-18-12/h3-8,19H,9H2,1-2H3. The maximum Gasteiger partial charge on any atom is 0.254 e. The number of rotatable bonds is 4. The number of halogens is 2. The molecule has 1 aromatic heterocycles. The summed E-state index contributed by atoms with van der Waals surface area (Å²) in [7, 11) is 3.40. The molecular weight excluding hydrogens is 354 g/mol. The molecule has 0 unspecified atom stereocenters. The molecule has 6 heteroatoms. The number of nitrogens with zero attached hydrogens (tertiary/aromatic N) is 2. The van der Waals surface area contributed by atoms with Crippen LogP contribution in [0, 0.1) is 0 Å². The Morgan fingerprint density at radius 2 is 2.10 bits per heavy atom. The topological polar surface area (TPSA) is 45.2 Å². The van der Waals surface area contributed by atoms with Crippen LogP contribution in [0.1, 0.15) is 16.1 Å². The first-order chi connectivity index (χ1) is 9.97. The van der Waals surface area contributed by atoms with Crippen molar-refractivity contribution < 1.29 is 4.79 Å². The fourth-order valence-electron chi connectivity index (χ4n) is 1.74. The van der Waals surface area contributed by atoms with Crippen molar-refractivity contribution in [1.29, 1.82) is 0 Å². The lowest BCUT2D eigenvalue weighted by molar-refractivity contribution is 0.0828. The van der Waals surface area contributed by atoms with Gasteiger partial charge in [-0.15, -0.1) is 0 Å². The molecular formula is C15H15BrClN3O. The first kappa shape index (κ1) is 15.8. The van der Waals surface area contributed by atoms with Crippen LogP contribution in [0.2, 0.25) is 5.02 Å². The number of aromatic nitrogens is 1. The van der Waals surface area contributed by atoms with E-state index >= 15 is 0 Å². The van der Waals surface area contributed by atoms with Gasteiger partial charge >= 0.3 is 0 Å². The van der Waals surface area contributed by atoms with Crippen molar-refractivity contribution in [1.82, 2.24) is 9.88 Å². The lowest BCUT2D eigenvalue weighted by atomic mass is 10.1. The van der Waals surface area contributed by atoms with Gasteiger partial charge in [0, 0.05) is 30.5 Å². The molecule has 0 bridgehead atoms. The van der Waals surface area contributed by atoms with Gasteiger partial charge in [-0.3, -0.25) is 9.78 Å². The lowest BCUT2D eigenvalue weighted by Gasteiger charge is -2.13. The summed E-state index contributed by atoms with van der Waals surface area (Å²) in [5.74, 6) is -0.120. The van der Waals surface area contributed by atoms with Crippen molar-refractivity contribution in [3.8, 4) is 0 Å². The third-order valence-electron chi connectivity index (χ3n) is 2.87. The average molecular weight is 369 g/mol. The molecule has 0 radical (unpaired) electrons. The smallest absolute Gasteiger partial charge is 0.254 e. The van der Waals surface area contributed by atoms with Crippen LogP contribution in [0.4, 0.5) is 5.69 Å². The quantitative estimate of drug-likeness (QED) is 0.892. The summed E-state index contributed by atoms with van der Waals surface area (Å²) in [5.41, 5.74) is 2.22. The number of carbonyl (C=O) groups excluding carboxylic acids is 1. The predicted molar refractivity (Wildman–Crippen MR) is 88.7 cm³/mol. The van der Waals surface area contributed by atoms with E-state index in [1.165, 1.54) is 4.90 Å². The molecule has 1 N–H and O–H groups in total. The Morgan fingerprint density at radius 1 is 1.33 bits per heavy atom. The van der Waals surface area contributed by atoms with Gasteiger partial charge in [0.05, 0.1) is 22.8 Å². The second kappa shape index (κ2) is 6.91. The molecule has 2 rings (SSSR count). The van der Waals surface area contributed by atoms with Gasteiger partial charge in [-0.2, -0.15) is 0 Å². The second-order valence-electron chi connectivity index (χ2n) is 4.72. The Hall–Kier alpha value is -1.59. The van der Waals surface area contributed by atoms with Crippen LogP contribution >= 0.6 is 27.5 Å². The van der Waals surface area contributed by atoms with Gasteiger partial charge in [0.2, 0.25) is 0 Å². The van der Waals surface area contributed by atoms with Crippen molar-refractivity contribution in [3.63, 3.8) is 0 Å². The molecule has 1 heterocycles. The number of anilines is 1. The summed E-state index contributed by atoms with van der Waals surface area (Å²) in [5, 5.41) is 3.68. The zero-order valence-corrected chi connectivity index (χ0v) is 14.1. The number of pyridine rings is 1. The number of benzene rings is 1. The van der Waals surface area contributed by atoms with Gasteiger partial charge in [0.1, 0.15) is 0 Å². The lowest BCUT2D eigenvalue weighted by Crippen LogP contribution is -2.22. The van der Waals surface area contributed by atoms with Crippen molar-refractivity contribution >= 4 is 39.1 Å². The summed E-state index contributed by atoms with van der Waals surface area (Å²) in [6.07, 6.45) is 1.75. The molecule has 21 heavy (non-hydrogen) atoms. The molecule has 110 valence electrons. The highest BCUT2D eigenvalue weighted by atomic mass is 79.9. The van der Waals surface area contributed by atoms with Crippen LogP contribution in [-0.2, 0) is 6.54 Å². The highest BCUT2D eigenvalue weighted by Crippen LogP contribution is 2.22. The minimum absolute atomic E-state index is 0.120. The molecule has 0 saturated carbocycles. The number of carbonyl (C=O) groups is 1. The largest absolute Gasteiger partial charge is 0.379 e. The van der Waals surface area contributed by atoms with Crippen LogP contribution in [-0.4, -0.2) is 29.9 Å². The van der Waals surface area contributed by atoms with Crippen molar-refractivity contribution in [2.75, 3.05) is 19.4 Å². The summed E-state index contributed by atoms with van der Waals surface area (Å²) in [6.45, 7) is 0.574. The molecule has 2 aromatic rings. The minimum Gasteiger partial charge on any atom is -0.379 e. The number of amides is 1. The second-order valence-corrected chi connectivity index (χ2v) is 6.04. The fraction of sp³-hybridized carbons (Fsp3) is 0.200. The van der Waals surface area contributed by atoms with Crippen molar-refractivity contribution in [3.05, 3.63) is 57.3 Å². The normalized spacial score (nSPS) is 10.3. The van der Waals surface area contributed by atoms with E-state index in [9.17, 15) is 4.79 Å². The van der Waals surface area contributed by atoms with Gasteiger partial charge in [-0.1, -0.05) is 11.6 Å². The van der Waals surface area contributed by atoms with Gasteiger partial charge in [0.25, 0.3) is 5.91 Å². The van der Waals surface area contributed by atoms with Gasteiger partial charge in [0.15, 0.2) is 0 Å². The highest BCUT2D eigenvalue weighted by Gasteiger charge is 2.13. The van der Waals surface area contributed by atoms with Crippen LogP contribution < -0.4 is 5.32 Å². The van der Waals surface area contributed by atoms with Crippen LogP contribution in [0.5, 0.6) is 0 Å². The fourth-order valence-corrected chi connectivity index (χ4v) is 2.18. The molecule has 0 aliphatic rings. The molecule has 1 aromatic carbocycles. The first-order valence-electron chi connectivity index (χ1n) is 6.33. The molecule has 0 aliphatic heterocycles. The Kier molecular flexibility index (Phi) is 5.20. The minimum atomic E-state index is -0.120. The van der Waals surface area contributed by atoms with Crippen LogP contribution in [0.3, 0.4) is 0 Å². The maximum atomic E-state index is 12.0. The van der Waals surface area contributed by atoms with Crippen molar-refractivity contribution in [2.24, 2.45) is 0 Å². The molecule has 4 nitrogen and oxygen atoms in total. The predicted octanol–water partition coefficient (Wildman–Crippen LogP) is 3.81. The molecule has 0 fully saturated rings. The molecule has 0 atom stereocenters. The number of hydrogen-bond acceptors (Lipinski definition) is 3. The Bertz CT molecular complexity index is 644. The van der Waals surface area contributed by atoms with E-state index in [1.807, 2.05) is 18.2 Å². The Labute approximate surface area is 137 Å². The Morgan fingerprint density at radius 3 is 2.71 bits per heavy atom. The highest BCUT2D eigenvalue weighted by molar-refractivity contribution is 9.10. The summed E-state index contributed by atoms with van der Waals surface area (Å²) in [4.78, 5) is 17.8. The number of hydrogen-bond donors (Lipinski definition) is 1. The van der Waals surface area contributed by atoms with E-state index in [1.54, 1.807) is 32.4 Å². The molecule has 1 amide bonds. The summed E-state index contributed by atoms with van der Waals surface area (Å²) >= 11 is 9.43. The van der Waals surface area contributed by atoms with E-state index in [2.05, 4.69) is 26.2 Å². The van der Waals surface area contributed by atoms with Gasteiger partial charge in [-0.25, -0.2) is 0 Å². The monoisotopic (exact) mass is 367 g/mol. The van der Waals surface area contributed by atoms with E-state index in [0.29, 0.717) is 17.1 Å². The van der Waals surface area contributed by atoms with E-state index in [-0.39, 0.29) is 5.91 Å². The van der Waals surface area contributed by atoms with Gasteiger partial charge in [-0.05, 0) is 46.3 Å². The van der Waals surface area contributed by atoms with Crippen molar-refractivity contribution in [2.45, 2.75) is 6.54 Å². The van der Waals surface area contributed by atoms with Gasteiger partial charge < -0.3 is 10.2 Å². The Balaban J connectivity index is 2.12. The molecule has 0 spiro atoms. The third-order valence-corrected chi connectivity index (χ3v) is 3.66. The summed E-state index contributed by atoms with van der Waals surface area (Å²) < 4.78 is 0.941. The average Bonchev–Trinajstić information content (AvgIpc) is 2.47. The maximum absolute atomic E-state index is 12.0.